The number of hydrogen-bond acceptors (Lipinski definition) is 3. The van der Waals surface area contributed by atoms with Crippen LogP contribution in [0.4, 0.5) is 0 Å². The molecule has 0 bridgehead atoms. The topological polar surface area (TPSA) is 27.1 Å². The van der Waals surface area contributed by atoms with Crippen molar-refractivity contribution in [2.45, 2.75) is 17.5 Å². The van der Waals surface area contributed by atoms with Crippen LogP contribution >= 0.6 is 35.0 Å². The number of aromatic nitrogens is 2. The Kier molecular flexibility index (Phi) is 6.29. The van der Waals surface area contributed by atoms with Crippen LogP contribution in [0.15, 0.2) is 61.2 Å². The van der Waals surface area contributed by atoms with E-state index in [4.69, 9.17) is 27.9 Å². The fourth-order valence-corrected chi connectivity index (χ4v) is 4.36. The van der Waals surface area contributed by atoms with Crippen molar-refractivity contribution in [3.05, 3.63) is 82.4 Å². The molecule has 3 rings (SSSR count). The number of thioether (sulfide) groups is 1. The smallest absolute Gasteiger partial charge is 0.118 e. The van der Waals surface area contributed by atoms with Crippen LogP contribution in [0, 0.1) is 0 Å². The molecule has 0 fully saturated rings. The van der Waals surface area contributed by atoms with Crippen LogP contribution in [0.5, 0.6) is 5.75 Å². The van der Waals surface area contributed by atoms with Crippen molar-refractivity contribution < 1.29 is 4.74 Å². The summed E-state index contributed by atoms with van der Waals surface area (Å²) in [5.41, 5.74) is 2.32. The first kappa shape index (κ1) is 18.2. The van der Waals surface area contributed by atoms with Crippen molar-refractivity contribution in [1.29, 1.82) is 0 Å². The molecule has 0 spiro atoms. The summed E-state index contributed by atoms with van der Waals surface area (Å²) in [6.45, 7) is 0.794. The number of nitrogens with zero attached hydrogens (tertiary/aromatic N) is 2. The molecule has 1 heterocycles. The van der Waals surface area contributed by atoms with Gasteiger partial charge in [0.2, 0.25) is 0 Å². The van der Waals surface area contributed by atoms with Gasteiger partial charge in [0.15, 0.2) is 0 Å². The van der Waals surface area contributed by atoms with Gasteiger partial charge in [-0.05, 0) is 35.4 Å². The Balaban J connectivity index is 1.77. The van der Waals surface area contributed by atoms with E-state index in [0.29, 0.717) is 10.0 Å². The van der Waals surface area contributed by atoms with Crippen molar-refractivity contribution >= 4 is 35.0 Å². The number of imidazole rings is 1. The first-order chi connectivity index (χ1) is 12.2. The average Bonchev–Trinajstić information content (AvgIpc) is 3.12. The van der Waals surface area contributed by atoms with E-state index in [0.717, 1.165) is 23.6 Å². The monoisotopic (exact) mass is 392 g/mol. The molecule has 1 unspecified atom stereocenters. The Labute approximate surface area is 161 Å². The van der Waals surface area contributed by atoms with Gasteiger partial charge in [-0.1, -0.05) is 41.4 Å². The highest BCUT2D eigenvalue weighted by atomic mass is 35.5. The van der Waals surface area contributed by atoms with Gasteiger partial charge in [-0.25, -0.2) is 4.98 Å². The van der Waals surface area contributed by atoms with E-state index in [9.17, 15) is 0 Å². The molecular weight excluding hydrogens is 375 g/mol. The molecule has 0 N–H and O–H groups in total. The second-order valence-electron chi connectivity index (χ2n) is 5.57. The molecule has 2 aromatic carbocycles. The number of ether oxygens (including phenoxy) is 1. The molecule has 0 saturated heterocycles. The van der Waals surface area contributed by atoms with E-state index < -0.39 is 0 Å². The summed E-state index contributed by atoms with van der Waals surface area (Å²) in [6.07, 6.45) is 5.57. The number of benzene rings is 2. The number of methoxy groups -OCH3 is 1. The summed E-state index contributed by atoms with van der Waals surface area (Å²) < 4.78 is 7.28. The number of rotatable bonds is 7. The van der Waals surface area contributed by atoms with Crippen LogP contribution in [0.25, 0.3) is 0 Å². The third-order valence-electron chi connectivity index (χ3n) is 3.86. The quantitative estimate of drug-likeness (QED) is 0.502. The fraction of sp³-hybridized carbons (Fsp3) is 0.211. The van der Waals surface area contributed by atoms with E-state index in [1.807, 2.05) is 48.6 Å². The standard InChI is InChI=1S/C19H18Cl2N2OS/c1-24-16-5-2-14(3-6-16)12-25-19(11-23-9-8-22-13-23)17-7-4-15(20)10-18(17)21/h2-10,13,19H,11-12H2,1H3. The first-order valence-electron chi connectivity index (χ1n) is 7.81. The lowest BCUT2D eigenvalue weighted by Crippen LogP contribution is -2.06. The lowest BCUT2D eigenvalue weighted by molar-refractivity contribution is 0.414. The summed E-state index contributed by atoms with van der Waals surface area (Å²) in [6, 6.07) is 13.8. The molecule has 1 aromatic heterocycles. The van der Waals surface area contributed by atoms with E-state index in [1.165, 1.54) is 5.56 Å². The van der Waals surface area contributed by atoms with Crippen LogP contribution in [0.2, 0.25) is 10.0 Å². The minimum absolute atomic E-state index is 0.195. The molecule has 3 aromatic rings. The predicted molar refractivity (Wildman–Crippen MR) is 106 cm³/mol. The van der Waals surface area contributed by atoms with Gasteiger partial charge in [-0.15, -0.1) is 11.8 Å². The third-order valence-corrected chi connectivity index (χ3v) is 5.72. The van der Waals surface area contributed by atoms with Crippen molar-refractivity contribution in [3.8, 4) is 5.75 Å². The second kappa shape index (κ2) is 8.65. The molecule has 0 radical (unpaired) electrons. The van der Waals surface area contributed by atoms with Crippen LogP contribution < -0.4 is 4.74 Å². The van der Waals surface area contributed by atoms with Gasteiger partial charge in [-0.3, -0.25) is 0 Å². The summed E-state index contributed by atoms with van der Waals surface area (Å²) in [7, 11) is 1.67. The average molecular weight is 393 g/mol. The van der Waals surface area contributed by atoms with Gasteiger partial charge in [0, 0.05) is 40.0 Å². The Morgan fingerprint density at radius 1 is 1.16 bits per heavy atom. The molecule has 0 aliphatic heterocycles. The van der Waals surface area contributed by atoms with Crippen molar-refractivity contribution in [1.82, 2.24) is 9.55 Å². The Hall–Kier alpha value is -1.62. The zero-order valence-corrected chi connectivity index (χ0v) is 16.1. The van der Waals surface area contributed by atoms with E-state index in [2.05, 4.69) is 21.7 Å². The van der Waals surface area contributed by atoms with Gasteiger partial charge in [0.1, 0.15) is 5.75 Å². The van der Waals surface area contributed by atoms with Crippen molar-refractivity contribution in [2.24, 2.45) is 0 Å². The van der Waals surface area contributed by atoms with E-state index >= 15 is 0 Å². The largest absolute Gasteiger partial charge is 0.497 e. The summed E-state index contributed by atoms with van der Waals surface area (Å²) in [4.78, 5) is 4.13. The van der Waals surface area contributed by atoms with Crippen molar-refractivity contribution in [3.63, 3.8) is 0 Å². The number of halogens is 2. The molecule has 1 atom stereocenters. The SMILES string of the molecule is COc1ccc(CSC(Cn2ccnc2)c2ccc(Cl)cc2Cl)cc1. The molecule has 3 nitrogen and oxygen atoms in total. The Bertz CT molecular complexity index is 807. The zero-order valence-electron chi connectivity index (χ0n) is 13.7. The van der Waals surface area contributed by atoms with Gasteiger partial charge in [-0.2, -0.15) is 0 Å². The van der Waals surface area contributed by atoms with E-state index in [1.54, 1.807) is 19.4 Å². The highest BCUT2D eigenvalue weighted by Gasteiger charge is 2.17. The summed E-state index contributed by atoms with van der Waals surface area (Å²) >= 11 is 14.3. The molecular formula is C19H18Cl2N2OS. The van der Waals surface area contributed by atoms with Crippen LogP contribution in [-0.2, 0) is 12.3 Å². The van der Waals surface area contributed by atoms with Crippen LogP contribution in [-0.4, -0.2) is 16.7 Å². The van der Waals surface area contributed by atoms with Gasteiger partial charge < -0.3 is 9.30 Å². The van der Waals surface area contributed by atoms with Gasteiger partial charge in [0.05, 0.1) is 13.4 Å². The number of hydrogen-bond donors (Lipinski definition) is 0. The third kappa shape index (κ3) is 4.94. The predicted octanol–water partition coefficient (Wildman–Crippen LogP) is 5.87. The maximum Gasteiger partial charge on any atom is 0.118 e. The van der Waals surface area contributed by atoms with Crippen LogP contribution in [0.1, 0.15) is 16.4 Å². The molecule has 0 amide bonds. The van der Waals surface area contributed by atoms with E-state index in [-0.39, 0.29) is 5.25 Å². The lowest BCUT2D eigenvalue weighted by atomic mass is 10.1. The van der Waals surface area contributed by atoms with Crippen molar-refractivity contribution in [2.75, 3.05) is 7.11 Å². The fourth-order valence-electron chi connectivity index (χ4n) is 2.51. The first-order valence-corrected chi connectivity index (χ1v) is 9.61. The Morgan fingerprint density at radius 3 is 2.60 bits per heavy atom. The minimum Gasteiger partial charge on any atom is -0.497 e. The molecule has 0 aliphatic carbocycles. The molecule has 6 heteroatoms. The summed E-state index contributed by atoms with van der Waals surface area (Å²) in [5.74, 6) is 1.74. The second-order valence-corrected chi connectivity index (χ2v) is 7.61. The lowest BCUT2D eigenvalue weighted by Gasteiger charge is -2.19. The molecule has 0 aliphatic rings. The maximum atomic E-state index is 6.45. The highest BCUT2D eigenvalue weighted by molar-refractivity contribution is 7.98. The zero-order chi connectivity index (χ0) is 17.6. The Morgan fingerprint density at radius 2 is 1.96 bits per heavy atom. The van der Waals surface area contributed by atoms with Gasteiger partial charge >= 0.3 is 0 Å². The van der Waals surface area contributed by atoms with Crippen LogP contribution in [0.3, 0.4) is 0 Å². The normalized spacial score (nSPS) is 12.1. The highest BCUT2D eigenvalue weighted by Crippen LogP contribution is 2.38. The maximum absolute atomic E-state index is 6.45. The molecule has 130 valence electrons. The van der Waals surface area contributed by atoms with Gasteiger partial charge in [0.25, 0.3) is 0 Å². The molecule has 25 heavy (non-hydrogen) atoms. The minimum atomic E-state index is 0.195. The summed E-state index contributed by atoms with van der Waals surface area (Å²) in [5, 5.41) is 1.54. The molecule has 0 saturated carbocycles.